The second-order valence-corrected chi connectivity index (χ2v) is 6.03. The van der Waals surface area contributed by atoms with Crippen LogP contribution in [-0.4, -0.2) is 39.3 Å². The molecular formula is C16H25ClFN3O. The molecule has 124 valence electrons. The summed E-state index contributed by atoms with van der Waals surface area (Å²) in [5.74, 6) is 0.397. The van der Waals surface area contributed by atoms with E-state index in [1.807, 2.05) is 20.8 Å². The molecule has 0 spiro atoms. The molecule has 0 atom stereocenters. The number of methoxy groups -OCH3 is 1. The molecule has 0 radical (unpaired) electrons. The average Bonchev–Trinajstić information content (AvgIpc) is 2.44. The summed E-state index contributed by atoms with van der Waals surface area (Å²) in [6.07, 6.45) is 0. The number of benzene rings is 1. The van der Waals surface area contributed by atoms with Gasteiger partial charge < -0.3 is 15.4 Å². The van der Waals surface area contributed by atoms with Crippen LogP contribution in [0, 0.1) is 5.82 Å². The fourth-order valence-corrected chi connectivity index (χ4v) is 2.44. The Bertz CT molecular complexity index is 506. The lowest BCUT2D eigenvalue weighted by atomic mass is 9.84. The van der Waals surface area contributed by atoms with Crippen LogP contribution in [0.5, 0.6) is 0 Å². The molecule has 0 heterocycles. The number of nitrogens with zero attached hydrogens (tertiary/aromatic N) is 1. The summed E-state index contributed by atoms with van der Waals surface area (Å²) in [5, 5.41) is 6.80. The number of hydrogen-bond acceptors (Lipinski definition) is 2. The Balaban J connectivity index is 2.81. The molecule has 1 aromatic rings. The minimum atomic E-state index is -0.331. The maximum Gasteiger partial charge on any atom is 0.191 e. The van der Waals surface area contributed by atoms with Crippen molar-refractivity contribution in [1.82, 2.24) is 10.6 Å². The van der Waals surface area contributed by atoms with Gasteiger partial charge >= 0.3 is 0 Å². The van der Waals surface area contributed by atoms with E-state index in [0.717, 1.165) is 18.1 Å². The maximum atomic E-state index is 13.2. The average molecular weight is 330 g/mol. The van der Waals surface area contributed by atoms with E-state index in [1.54, 1.807) is 13.2 Å². The van der Waals surface area contributed by atoms with Crippen LogP contribution in [-0.2, 0) is 10.2 Å². The quantitative estimate of drug-likeness (QED) is 0.459. The molecule has 0 amide bonds. The van der Waals surface area contributed by atoms with Crippen LogP contribution >= 0.6 is 11.6 Å². The molecule has 1 aromatic carbocycles. The van der Waals surface area contributed by atoms with Crippen molar-refractivity contribution < 1.29 is 9.13 Å². The first-order chi connectivity index (χ1) is 10.4. The number of nitrogens with one attached hydrogen (secondary N) is 2. The fourth-order valence-electron chi connectivity index (χ4n) is 2.01. The Morgan fingerprint density at radius 3 is 2.68 bits per heavy atom. The molecule has 2 N–H and O–H groups in total. The SMILES string of the molecule is CCNC(=NCC(C)(C)c1ccc(F)cc1Cl)NCCOC. The predicted molar refractivity (Wildman–Crippen MR) is 90.3 cm³/mol. The minimum absolute atomic E-state index is 0.297. The molecule has 0 unspecified atom stereocenters. The Labute approximate surface area is 137 Å². The third-order valence-electron chi connectivity index (χ3n) is 3.24. The Kier molecular flexibility index (Phi) is 7.62. The van der Waals surface area contributed by atoms with Crippen molar-refractivity contribution in [3.8, 4) is 0 Å². The van der Waals surface area contributed by atoms with Crippen molar-refractivity contribution in [1.29, 1.82) is 0 Å². The lowest BCUT2D eigenvalue weighted by molar-refractivity contribution is 0.203. The molecule has 1 rings (SSSR count). The fraction of sp³-hybridized carbons (Fsp3) is 0.562. The number of ether oxygens (including phenoxy) is 1. The summed E-state index contributed by atoms with van der Waals surface area (Å²) < 4.78 is 18.2. The minimum Gasteiger partial charge on any atom is -0.383 e. The summed E-state index contributed by atoms with van der Waals surface area (Å²) in [6.45, 7) is 8.67. The number of aliphatic imine (C=N–C) groups is 1. The van der Waals surface area contributed by atoms with E-state index >= 15 is 0 Å². The van der Waals surface area contributed by atoms with Gasteiger partial charge in [0, 0.05) is 30.6 Å². The molecule has 6 heteroatoms. The van der Waals surface area contributed by atoms with Crippen molar-refractivity contribution in [2.24, 2.45) is 4.99 Å². The maximum absolute atomic E-state index is 13.2. The van der Waals surface area contributed by atoms with Gasteiger partial charge in [-0.2, -0.15) is 0 Å². The van der Waals surface area contributed by atoms with Gasteiger partial charge in [-0.05, 0) is 24.6 Å². The van der Waals surface area contributed by atoms with Gasteiger partial charge in [-0.25, -0.2) is 4.39 Å². The largest absolute Gasteiger partial charge is 0.383 e. The Morgan fingerprint density at radius 2 is 2.09 bits per heavy atom. The van der Waals surface area contributed by atoms with Crippen molar-refractivity contribution in [3.05, 3.63) is 34.6 Å². The summed E-state index contributed by atoms with van der Waals surface area (Å²) >= 11 is 6.16. The molecule has 0 saturated carbocycles. The van der Waals surface area contributed by atoms with Crippen LogP contribution in [0.1, 0.15) is 26.3 Å². The monoisotopic (exact) mass is 329 g/mol. The molecule has 22 heavy (non-hydrogen) atoms. The molecule has 0 aromatic heterocycles. The smallest absolute Gasteiger partial charge is 0.191 e. The zero-order valence-corrected chi connectivity index (χ0v) is 14.4. The third-order valence-corrected chi connectivity index (χ3v) is 3.55. The van der Waals surface area contributed by atoms with Crippen LogP contribution in [0.4, 0.5) is 4.39 Å². The summed E-state index contributed by atoms with van der Waals surface area (Å²) in [6, 6.07) is 4.48. The van der Waals surface area contributed by atoms with E-state index in [0.29, 0.717) is 24.7 Å². The van der Waals surface area contributed by atoms with Crippen molar-refractivity contribution in [2.75, 3.05) is 33.4 Å². The van der Waals surface area contributed by atoms with E-state index in [1.165, 1.54) is 12.1 Å². The van der Waals surface area contributed by atoms with Crippen molar-refractivity contribution >= 4 is 17.6 Å². The molecule has 0 fully saturated rings. The lowest BCUT2D eigenvalue weighted by Crippen LogP contribution is -2.40. The number of halogens is 2. The zero-order chi connectivity index (χ0) is 16.6. The van der Waals surface area contributed by atoms with Gasteiger partial charge in [0.1, 0.15) is 5.82 Å². The molecular weight excluding hydrogens is 305 g/mol. The van der Waals surface area contributed by atoms with Gasteiger partial charge in [0.25, 0.3) is 0 Å². The van der Waals surface area contributed by atoms with Gasteiger partial charge in [-0.1, -0.05) is 31.5 Å². The predicted octanol–water partition coefficient (Wildman–Crippen LogP) is 2.96. The first-order valence-electron chi connectivity index (χ1n) is 7.37. The van der Waals surface area contributed by atoms with Crippen molar-refractivity contribution in [2.45, 2.75) is 26.2 Å². The molecule has 0 aliphatic rings. The molecule has 0 bridgehead atoms. The van der Waals surface area contributed by atoms with E-state index in [9.17, 15) is 4.39 Å². The summed E-state index contributed by atoms with van der Waals surface area (Å²) in [4.78, 5) is 4.58. The molecule has 0 aliphatic heterocycles. The number of hydrogen-bond donors (Lipinski definition) is 2. The van der Waals surface area contributed by atoms with Crippen molar-refractivity contribution in [3.63, 3.8) is 0 Å². The first-order valence-corrected chi connectivity index (χ1v) is 7.75. The topological polar surface area (TPSA) is 45.7 Å². The normalized spacial score (nSPS) is 12.4. The highest BCUT2D eigenvalue weighted by Gasteiger charge is 2.23. The zero-order valence-electron chi connectivity index (χ0n) is 13.7. The highest BCUT2D eigenvalue weighted by molar-refractivity contribution is 6.31. The van der Waals surface area contributed by atoms with Gasteiger partial charge in [0.05, 0.1) is 13.2 Å². The third kappa shape index (κ3) is 5.81. The molecule has 4 nitrogen and oxygen atoms in total. The van der Waals surface area contributed by atoms with Crippen LogP contribution in [0.25, 0.3) is 0 Å². The number of rotatable bonds is 7. The second kappa shape index (κ2) is 8.96. The summed E-state index contributed by atoms with van der Waals surface area (Å²) in [7, 11) is 1.66. The molecule has 0 saturated heterocycles. The Morgan fingerprint density at radius 1 is 1.36 bits per heavy atom. The highest BCUT2D eigenvalue weighted by Crippen LogP contribution is 2.30. The van der Waals surface area contributed by atoms with Gasteiger partial charge in [-0.3, -0.25) is 4.99 Å². The van der Waals surface area contributed by atoms with Gasteiger partial charge in [0.15, 0.2) is 5.96 Å². The summed E-state index contributed by atoms with van der Waals surface area (Å²) in [5.41, 5.74) is 0.584. The second-order valence-electron chi connectivity index (χ2n) is 5.62. The van der Waals surface area contributed by atoms with Crippen LogP contribution in [0.15, 0.2) is 23.2 Å². The van der Waals surface area contributed by atoms with E-state index in [-0.39, 0.29) is 11.2 Å². The lowest BCUT2D eigenvalue weighted by Gasteiger charge is -2.25. The van der Waals surface area contributed by atoms with Gasteiger partial charge in [-0.15, -0.1) is 0 Å². The Hall–Kier alpha value is -1.33. The molecule has 0 aliphatic carbocycles. The van der Waals surface area contributed by atoms with E-state index < -0.39 is 0 Å². The van der Waals surface area contributed by atoms with Crippen LogP contribution in [0.2, 0.25) is 5.02 Å². The van der Waals surface area contributed by atoms with E-state index in [4.69, 9.17) is 16.3 Å². The van der Waals surface area contributed by atoms with Crippen LogP contribution < -0.4 is 10.6 Å². The highest BCUT2D eigenvalue weighted by atomic mass is 35.5. The first kappa shape index (κ1) is 18.7. The van der Waals surface area contributed by atoms with E-state index in [2.05, 4.69) is 15.6 Å². The standard InChI is InChI=1S/C16H25ClFN3O/c1-5-19-15(20-8-9-22-4)21-11-16(2,3)13-7-6-12(18)10-14(13)17/h6-7,10H,5,8-9,11H2,1-4H3,(H2,19,20,21). The van der Waals surface area contributed by atoms with Gasteiger partial charge in [0.2, 0.25) is 0 Å². The van der Waals surface area contributed by atoms with Crippen LogP contribution in [0.3, 0.4) is 0 Å². The number of guanidine groups is 1.